The maximum atomic E-state index is 11.6. The van der Waals surface area contributed by atoms with Crippen LogP contribution in [0.2, 0.25) is 0 Å². The van der Waals surface area contributed by atoms with Crippen LogP contribution < -0.4 is 5.32 Å². The van der Waals surface area contributed by atoms with Crippen molar-refractivity contribution in [1.82, 2.24) is 15.1 Å². The van der Waals surface area contributed by atoms with Gasteiger partial charge in [-0.1, -0.05) is 6.92 Å². The zero-order valence-electron chi connectivity index (χ0n) is 11.3. The number of nitrogens with one attached hydrogen (secondary N) is 1. The third-order valence-corrected chi connectivity index (χ3v) is 3.16. The van der Waals surface area contributed by atoms with E-state index >= 15 is 0 Å². The lowest BCUT2D eigenvalue weighted by atomic mass is 10.3. The molecule has 1 aliphatic rings. The van der Waals surface area contributed by atoms with Crippen molar-refractivity contribution in [3.63, 3.8) is 0 Å². The molecule has 0 aromatic heterocycles. The number of ether oxygens (including phenoxy) is 1. The van der Waals surface area contributed by atoms with Gasteiger partial charge in [0.05, 0.1) is 20.1 Å². The minimum absolute atomic E-state index is 0.0242. The number of nitrogens with zero attached hydrogens (tertiary/aromatic N) is 2. The Morgan fingerprint density at radius 1 is 1.17 bits per heavy atom. The fourth-order valence-electron chi connectivity index (χ4n) is 1.93. The number of hydrogen-bond acceptors (Lipinski definition) is 5. The Morgan fingerprint density at radius 2 is 1.78 bits per heavy atom. The van der Waals surface area contributed by atoms with Gasteiger partial charge in [0.2, 0.25) is 5.91 Å². The Balaban J connectivity index is 2.11. The second-order valence-electron chi connectivity index (χ2n) is 4.39. The number of methoxy groups -OCH3 is 1. The summed E-state index contributed by atoms with van der Waals surface area (Å²) in [7, 11) is 1.34. The molecule has 1 N–H and O–H groups in total. The molecular formula is C12H23N3O3. The molecule has 0 spiro atoms. The molecule has 1 rings (SSSR count). The average Bonchev–Trinajstić information content (AvgIpc) is 2.39. The first kappa shape index (κ1) is 14.9. The quantitative estimate of drug-likeness (QED) is 0.638. The first-order chi connectivity index (χ1) is 8.65. The normalized spacial score (nSPS) is 17.4. The molecule has 1 fully saturated rings. The van der Waals surface area contributed by atoms with Gasteiger partial charge in [0.1, 0.15) is 0 Å². The SMILES string of the molecule is CCN1CCN(CC(=O)NCCC(=O)OC)CC1. The van der Waals surface area contributed by atoms with E-state index in [-0.39, 0.29) is 18.3 Å². The van der Waals surface area contributed by atoms with Gasteiger partial charge in [0.15, 0.2) is 0 Å². The van der Waals surface area contributed by atoms with Crippen molar-refractivity contribution < 1.29 is 14.3 Å². The Kier molecular flexibility index (Phi) is 6.67. The van der Waals surface area contributed by atoms with Gasteiger partial charge in [-0.3, -0.25) is 14.5 Å². The fourth-order valence-corrected chi connectivity index (χ4v) is 1.93. The molecule has 0 unspecified atom stereocenters. The summed E-state index contributed by atoms with van der Waals surface area (Å²) >= 11 is 0. The highest BCUT2D eigenvalue weighted by molar-refractivity contribution is 5.78. The molecule has 6 nitrogen and oxygen atoms in total. The van der Waals surface area contributed by atoms with Gasteiger partial charge in [-0.15, -0.1) is 0 Å². The van der Waals surface area contributed by atoms with Crippen molar-refractivity contribution >= 4 is 11.9 Å². The molecule has 1 saturated heterocycles. The van der Waals surface area contributed by atoms with Gasteiger partial charge in [0, 0.05) is 32.7 Å². The standard InChI is InChI=1S/C12H23N3O3/c1-3-14-6-8-15(9-7-14)10-11(16)13-5-4-12(17)18-2/h3-10H2,1-2H3,(H,13,16). The topological polar surface area (TPSA) is 61.9 Å². The second-order valence-corrected chi connectivity index (χ2v) is 4.39. The number of amides is 1. The number of carbonyl (C=O) groups is 2. The fraction of sp³-hybridized carbons (Fsp3) is 0.833. The lowest BCUT2D eigenvalue weighted by Gasteiger charge is -2.33. The largest absolute Gasteiger partial charge is 0.469 e. The number of hydrogen-bond donors (Lipinski definition) is 1. The molecule has 18 heavy (non-hydrogen) atoms. The molecular weight excluding hydrogens is 234 g/mol. The van der Waals surface area contributed by atoms with Crippen LogP contribution in [-0.4, -0.2) is 74.6 Å². The molecule has 0 radical (unpaired) electrons. The van der Waals surface area contributed by atoms with E-state index in [0.29, 0.717) is 13.1 Å². The predicted molar refractivity (Wildman–Crippen MR) is 68.2 cm³/mol. The third-order valence-electron chi connectivity index (χ3n) is 3.16. The predicted octanol–water partition coefficient (Wildman–Crippen LogP) is -0.697. The Morgan fingerprint density at radius 3 is 2.33 bits per heavy atom. The molecule has 0 atom stereocenters. The number of piperazine rings is 1. The molecule has 6 heteroatoms. The molecule has 0 aromatic rings. The summed E-state index contributed by atoms with van der Waals surface area (Å²) < 4.78 is 4.50. The number of rotatable bonds is 6. The van der Waals surface area contributed by atoms with Gasteiger partial charge in [-0.05, 0) is 6.54 Å². The van der Waals surface area contributed by atoms with Crippen LogP contribution in [0.3, 0.4) is 0 Å². The maximum Gasteiger partial charge on any atom is 0.307 e. The van der Waals surface area contributed by atoms with E-state index < -0.39 is 0 Å². The molecule has 104 valence electrons. The smallest absolute Gasteiger partial charge is 0.307 e. The van der Waals surface area contributed by atoms with Crippen LogP contribution in [0.15, 0.2) is 0 Å². The average molecular weight is 257 g/mol. The highest BCUT2D eigenvalue weighted by atomic mass is 16.5. The van der Waals surface area contributed by atoms with Crippen molar-refractivity contribution in [1.29, 1.82) is 0 Å². The highest BCUT2D eigenvalue weighted by Crippen LogP contribution is 2.00. The molecule has 1 heterocycles. The summed E-state index contributed by atoms with van der Waals surface area (Å²) in [5, 5.41) is 2.73. The molecule has 0 aromatic carbocycles. The zero-order valence-corrected chi connectivity index (χ0v) is 11.3. The summed E-state index contributed by atoms with van der Waals surface area (Å²) in [6.45, 7) is 7.88. The van der Waals surface area contributed by atoms with Crippen LogP contribution in [-0.2, 0) is 14.3 Å². The zero-order chi connectivity index (χ0) is 13.4. The lowest BCUT2D eigenvalue weighted by Crippen LogP contribution is -2.49. The first-order valence-corrected chi connectivity index (χ1v) is 6.44. The van der Waals surface area contributed by atoms with Gasteiger partial charge < -0.3 is 15.0 Å². The maximum absolute atomic E-state index is 11.6. The van der Waals surface area contributed by atoms with Crippen molar-refractivity contribution in [3.05, 3.63) is 0 Å². The van der Waals surface area contributed by atoms with E-state index in [2.05, 4.69) is 26.8 Å². The summed E-state index contributed by atoms with van der Waals surface area (Å²) in [5.74, 6) is -0.323. The number of esters is 1. The number of carbonyl (C=O) groups excluding carboxylic acids is 2. The van der Waals surface area contributed by atoms with Crippen molar-refractivity contribution in [2.24, 2.45) is 0 Å². The van der Waals surface area contributed by atoms with Crippen LogP contribution >= 0.6 is 0 Å². The van der Waals surface area contributed by atoms with Crippen molar-refractivity contribution in [3.8, 4) is 0 Å². The summed E-state index contributed by atoms with van der Waals surface area (Å²) in [5.41, 5.74) is 0. The van der Waals surface area contributed by atoms with E-state index in [1.807, 2.05) is 0 Å². The molecule has 1 amide bonds. The first-order valence-electron chi connectivity index (χ1n) is 6.44. The summed E-state index contributed by atoms with van der Waals surface area (Å²) in [6, 6.07) is 0. The van der Waals surface area contributed by atoms with Crippen LogP contribution in [0, 0.1) is 0 Å². The monoisotopic (exact) mass is 257 g/mol. The third kappa shape index (κ3) is 5.46. The molecule has 0 bridgehead atoms. The molecule has 1 aliphatic heterocycles. The number of likely N-dealkylation sites (N-methyl/N-ethyl adjacent to an activating group) is 1. The van der Waals surface area contributed by atoms with Gasteiger partial charge in [-0.2, -0.15) is 0 Å². The minimum Gasteiger partial charge on any atom is -0.469 e. The highest BCUT2D eigenvalue weighted by Gasteiger charge is 2.17. The Hall–Kier alpha value is -1.14. The van der Waals surface area contributed by atoms with Gasteiger partial charge in [-0.25, -0.2) is 0 Å². The van der Waals surface area contributed by atoms with Crippen LogP contribution in [0.1, 0.15) is 13.3 Å². The Labute approximate surface area is 108 Å². The summed E-state index contributed by atoms with van der Waals surface area (Å²) in [4.78, 5) is 27.0. The van der Waals surface area contributed by atoms with Gasteiger partial charge in [0.25, 0.3) is 0 Å². The van der Waals surface area contributed by atoms with E-state index in [1.54, 1.807) is 0 Å². The van der Waals surface area contributed by atoms with Crippen LogP contribution in [0.5, 0.6) is 0 Å². The van der Waals surface area contributed by atoms with E-state index in [0.717, 1.165) is 32.7 Å². The van der Waals surface area contributed by atoms with Gasteiger partial charge >= 0.3 is 5.97 Å². The van der Waals surface area contributed by atoms with Crippen molar-refractivity contribution in [2.45, 2.75) is 13.3 Å². The summed E-state index contributed by atoms with van der Waals surface area (Å²) in [6.07, 6.45) is 0.228. The lowest BCUT2D eigenvalue weighted by molar-refractivity contribution is -0.140. The minimum atomic E-state index is -0.299. The molecule has 0 saturated carbocycles. The van der Waals surface area contributed by atoms with E-state index in [4.69, 9.17) is 0 Å². The Bertz CT molecular complexity index is 276. The van der Waals surface area contributed by atoms with E-state index in [9.17, 15) is 9.59 Å². The molecule has 0 aliphatic carbocycles. The van der Waals surface area contributed by atoms with E-state index in [1.165, 1.54) is 7.11 Å². The van der Waals surface area contributed by atoms with Crippen LogP contribution in [0.4, 0.5) is 0 Å². The van der Waals surface area contributed by atoms with Crippen molar-refractivity contribution in [2.75, 3.05) is 52.9 Å². The van der Waals surface area contributed by atoms with Crippen LogP contribution in [0.25, 0.3) is 0 Å². The second kappa shape index (κ2) is 8.05.